The molecule has 0 fully saturated rings. The third-order valence-electron chi connectivity index (χ3n) is 1.08. The largest absolute Gasteiger partial charge is 0.290 e. The van der Waals surface area contributed by atoms with E-state index in [4.69, 9.17) is 8.22 Å². The molecule has 0 amide bonds. The average Bonchev–Trinajstić information content (AvgIpc) is 2.04. The van der Waals surface area contributed by atoms with E-state index in [1.807, 2.05) is 0 Å². The first-order chi connectivity index (χ1) is 7.03. The van der Waals surface area contributed by atoms with Gasteiger partial charge < -0.3 is 0 Å². The van der Waals surface area contributed by atoms with E-state index in [-0.39, 0.29) is 0 Å². The van der Waals surface area contributed by atoms with Gasteiger partial charge in [0.1, 0.15) is 0 Å². The summed E-state index contributed by atoms with van der Waals surface area (Å²) in [4.78, 5) is 22.7. The van der Waals surface area contributed by atoms with E-state index in [1.165, 1.54) is 0 Å². The van der Waals surface area contributed by atoms with E-state index < -0.39 is 36.4 Å². The van der Waals surface area contributed by atoms with Crippen LogP contribution in [0.1, 0.15) is 21.9 Å². The van der Waals surface area contributed by atoms with Crippen LogP contribution < -0.4 is 0 Å². The molecule has 0 aliphatic heterocycles. The molecule has 0 N–H and O–H groups in total. The zero-order valence-electron chi connectivity index (χ0n) is 11.0. The normalized spacial score (nSPS) is 30.0. The van der Waals surface area contributed by atoms with Gasteiger partial charge in [-0.05, 0) is 25.9 Å². The van der Waals surface area contributed by atoms with E-state index >= 15 is 0 Å². The van der Waals surface area contributed by atoms with Crippen molar-refractivity contribution in [2.75, 3.05) is 0 Å². The molecular weight excluding hydrogens is 128 g/mol. The van der Waals surface area contributed by atoms with Crippen LogP contribution in [0.3, 0.4) is 0 Å². The Morgan fingerprint density at radius 1 is 1.10 bits per heavy atom. The van der Waals surface area contributed by atoms with Gasteiger partial charge in [-0.15, -0.1) is 0 Å². The fourth-order valence-electron chi connectivity index (χ4n) is 0.560. The summed E-state index contributed by atoms with van der Waals surface area (Å²) in [6, 6.07) is 0. The van der Waals surface area contributed by atoms with Gasteiger partial charge in [-0.1, -0.05) is 0 Å². The highest BCUT2D eigenvalue weighted by molar-refractivity contribution is 6.19. The van der Waals surface area contributed by atoms with Crippen molar-refractivity contribution in [2.45, 2.75) is 13.7 Å². The maximum Gasteiger partial charge on any atom is 0.182 e. The van der Waals surface area contributed by atoms with Gasteiger partial charge in [0.2, 0.25) is 0 Å². The molecular formula is C8H8O2. The molecule has 1 aliphatic carbocycles. The lowest BCUT2D eigenvalue weighted by atomic mass is 10.00. The van der Waals surface area contributed by atoms with E-state index in [9.17, 15) is 9.59 Å². The number of carbonyl (C=O) groups excluding carboxylic acids is 2. The standard InChI is InChI=1S/C8H8O2/c1-5-3-8(10)6(2)4-7(5)9/h3-4H,1-2H3/i1D3,2D3. The van der Waals surface area contributed by atoms with Crippen molar-refractivity contribution >= 4 is 11.6 Å². The van der Waals surface area contributed by atoms with Gasteiger partial charge in [0.05, 0.1) is 0 Å². The van der Waals surface area contributed by atoms with Gasteiger partial charge >= 0.3 is 0 Å². The molecule has 0 radical (unpaired) electrons. The van der Waals surface area contributed by atoms with Crippen LogP contribution in [0.2, 0.25) is 0 Å². The van der Waals surface area contributed by atoms with Crippen molar-refractivity contribution in [3.8, 4) is 0 Å². The Labute approximate surface area is 67.7 Å². The number of carbonyl (C=O) groups is 2. The molecule has 1 rings (SSSR count). The number of hydrogen-bond donors (Lipinski definition) is 0. The van der Waals surface area contributed by atoms with Gasteiger partial charge in [0.15, 0.2) is 11.6 Å². The molecule has 0 spiro atoms. The molecule has 0 aromatic rings. The van der Waals surface area contributed by atoms with Gasteiger partial charge in [-0.25, -0.2) is 0 Å². The van der Waals surface area contributed by atoms with Crippen LogP contribution in [0.15, 0.2) is 23.3 Å². The molecule has 0 heterocycles. The van der Waals surface area contributed by atoms with Crippen LogP contribution in [0.5, 0.6) is 0 Å². The first-order valence-electron chi connectivity index (χ1n) is 5.56. The fraction of sp³-hybridized carbons (Fsp3) is 0.250. The zero-order valence-corrected chi connectivity index (χ0v) is 4.97. The van der Waals surface area contributed by atoms with Crippen LogP contribution in [0.25, 0.3) is 0 Å². The second-order valence-electron chi connectivity index (χ2n) is 1.84. The Bertz CT molecular complexity index is 369. The second-order valence-corrected chi connectivity index (χ2v) is 1.84. The summed E-state index contributed by atoms with van der Waals surface area (Å²) >= 11 is 0. The molecule has 0 saturated heterocycles. The van der Waals surface area contributed by atoms with Gasteiger partial charge in [0.25, 0.3) is 0 Å². The Morgan fingerprint density at radius 3 is 1.80 bits per heavy atom. The lowest BCUT2D eigenvalue weighted by molar-refractivity contribution is -0.115. The minimum Gasteiger partial charge on any atom is -0.290 e. The molecule has 0 aromatic heterocycles. The summed E-state index contributed by atoms with van der Waals surface area (Å²) < 4.78 is 41.9. The van der Waals surface area contributed by atoms with Crippen LogP contribution in [0, 0.1) is 0 Å². The minimum atomic E-state index is -2.70. The predicted molar refractivity (Wildman–Crippen MR) is 37.5 cm³/mol. The summed E-state index contributed by atoms with van der Waals surface area (Å²) in [6.45, 7) is -5.41. The molecule has 2 heteroatoms. The van der Waals surface area contributed by atoms with Crippen molar-refractivity contribution in [3.63, 3.8) is 0 Å². The van der Waals surface area contributed by atoms with Crippen molar-refractivity contribution in [3.05, 3.63) is 23.3 Å². The van der Waals surface area contributed by atoms with Crippen molar-refractivity contribution in [1.82, 2.24) is 0 Å². The Kier molecular flexibility index (Phi) is 0.543. The third-order valence-corrected chi connectivity index (χ3v) is 1.08. The van der Waals surface area contributed by atoms with Crippen LogP contribution in [-0.4, -0.2) is 11.6 Å². The third kappa shape index (κ3) is 1.05. The summed E-state index contributed by atoms with van der Waals surface area (Å²) in [7, 11) is 0. The number of hydrogen-bond acceptors (Lipinski definition) is 2. The summed E-state index contributed by atoms with van der Waals surface area (Å²) in [5, 5.41) is 0. The zero-order chi connectivity index (χ0) is 12.7. The Morgan fingerprint density at radius 2 is 1.50 bits per heavy atom. The minimum absolute atomic E-state index is 0.580. The first-order valence-corrected chi connectivity index (χ1v) is 2.56. The predicted octanol–water partition coefficient (Wildman–Crippen LogP) is 1.03. The molecule has 0 bridgehead atoms. The maximum absolute atomic E-state index is 11.3. The fourth-order valence-corrected chi connectivity index (χ4v) is 0.560. The number of allylic oxidation sites excluding steroid dienone is 4. The number of ketones is 2. The molecule has 0 saturated carbocycles. The van der Waals surface area contributed by atoms with Gasteiger partial charge in [0, 0.05) is 19.4 Å². The molecule has 1 aliphatic rings. The first kappa shape index (κ1) is 2.46. The van der Waals surface area contributed by atoms with E-state index in [0.29, 0.717) is 12.2 Å². The molecule has 10 heavy (non-hydrogen) atoms. The van der Waals surface area contributed by atoms with Gasteiger partial charge in [-0.2, -0.15) is 0 Å². The Balaban J connectivity index is 3.17. The molecule has 2 nitrogen and oxygen atoms in total. The van der Waals surface area contributed by atoms with Crippen LogP contribution >= 0.6 is 0 Å². The Hall–Kier alpha value is -1.18. The SMILES string of the molecule is [2H]C([2H])([2H])C1=CC(=O)C(C([2H])([2H])[2H])=CC1=O. The highest BCUT2D eigenvalue weighted by Crippen LogP contribution is 2.09. The smallest absolute Gasteiger partial charge is 0.182 e. The second kappa shape index (κ2) is 2.21. The summed E-state index contributed by atoms with van der Waals surface area (Å²) in [5.74, 6) is -1.91. The lowest BCUT2D eigenvalue weighted by Gasteiger charge is -2.03. The topological polar surface area (TPSA) is 34.1 Å². The molecule has 0 unspecified atom stereocenters. The number of rotatable bonds is 0. The lowest BCUT2D eigenvalue weighted by Crippen LogP contribution is -2.08. The monoisotopic (exact) mass is 142 g/mol. The highest BCUT2D eigenvalue weighted by atomic mass is 16.1. The van der Waals surface area contributed by atoms with Gasteiger partial charge in [-0.3, -0.25) is 9.59 Å². The van der Waals surface area contributed by atoms with Crippen molar-refractivity contribution in [1.29, 1.82) is 0 Å². The van der Waals surface area contributed by atoms with E-state index in [0.717, 1.165) is 0 Å². The molecule has 52 valence electrons. The van der Waals surface area contributed by atoms with Crippen LogP contribution in [-0.2, 0) is 9.59 Å². The van der Waals surface area contributed by atoms with Crippen LogP contribution in [0.4, 0.5) is 0 Å². The van der Waals surface area contributed by atoms with Crippen molar-refractivity contribution < 1.29 is 17.8 Å². The quantitative estimate of drug-likeness (QED) is 0.473. The highest BCUT2D eigenvalue weighted by Gasteiger charge is 2.12. The average molecular weight is 142 g/mol. The molecule has 0 aromatic carbocycles. The summed E-state index contributed by atoms with van der Waals surface area (Å²) in [6.07, 6.45) is 1.16. The van der Waals surface area contributed by atoms with Crippen molar-refractivity contribution in [2.24, 2.45) is 0 Å². The molecule has 0 atom stereocenters. The van der Waals surface area contributed by atoms with E-state index in [1.54, 1.807) is 0 Å². The maximum atomic E-state index is 11.3. The summed E-state index contributed by atoms with van der Waals surface area (Å²) in [5.41, 5.74) is -1.30. The van der Waals surface area contributed by atoms with E-state index in [2.05, 4.69) is 0 Å².